The minimum atomic E-state index is -0.350. The van der Waals surface area contributed by atoms with Crippen molar-refractivity contribution in [3.63, 3.8) is 0 Å². The maximum Gasteiger partial charge on any atom is 0.335 e. The molecule has 6 heteroatoms. The molecule has 0 saturated carbocycles. The fraction of sp³-hybridized carbons (Fsp3) is 0.364. The molecule has 0 aliphatic rings. The highest BCUT2D eigenvalue weighted by molar-refractivity contribution is 5.94. The van der Waals surface area contributed by atoms with Gasteiger partial charge in [-0.15, -0.1) is 5.10 Å². The molecule has 1 aromatic heterocycles. The summed E-state index contributed by atoms with van der Waals surface area (Å²) in [6, 6.07) is 5.09. The zero-order valence-corrected chi connectivity index (χ0v) is 9.86. The molecule has 0 aliphatic carbocycles. The second kappa shape index (κ2) is 7.21. The van der Waals surface area contributed by atoms with Crippen molar-refractivity contribution in [1.82, 2.24) is 10.7 Å². The molecule has 1 heterocycles. The Morgan fingerprint density at radius 2 is 2.35 bits per heavy atom. The number of hydrazone groups is 1. The topological polar surface area (TPSA) is 93.7 Å². The third kappa shape index (κ3) is 4.96. The Bertz CT molecular complexity index is 377. The number of hydrogen-bond donors (Lipinski definition) is 3. The van der Waals surface area contributed by atoms with Gasteiger partial charge >= 0.3 is 6.03 Å². The monoisotopic (exact) mass is 236 g/mol. The van der Waals surface area contributed by atoms with Gasteiger partial charge in [-0.3, -0.25) is 0 Å². The standard InChI is InChI=1S/C11H17N5O/c1-2-3-7-14-11(17)16-15-10(12)9-6-4-5-8-13-9/h4-6,8H,2-3,7H2,1H3,(H2,12,15)(H2,14,16,17)/p+1. The lowest BCUT2D eigenvalue weighted by Crippen LogP contribution is -2.35. The minimum Gasteiger partial charge on any atom is -0.377 e. The summed E-state index contributed by atoms with van der Waals surface area (Å²) in [4.78, 5) is 14.2. The van der Waals surface area contributed by atoms with Crippen molar-refractivity contribution in [1.29, 1.82) is 0 Å². The van der Waals surface area contributed by atoms with Gasteiger partial charge < -0.3 is 11.1 Å². The molecule has 1 rings (SSSR count). The van der Waals surface area contributed by atoms with Gasteiger partial charge in [-0.1, -0.05) is 13.3 Å². The third-order valence-corrected chi connectivity index (χ3v) is 2.08. The van der Waals surface area contributed by atoms with Crippen molar-refractivity contribution in [2.24, 2.45) is 10.8 Å². The quantitative estimate of drug-likeness (QED) is 0.295. The van der Waals surface area contributed by atoms with E-state index >= 15 is 0 Å². The van der Waals surface area contributed by atoms with E-state index in [1.807, 2.05) is 12.1 Å². The molecular weight excluding hydrogens is 218 g/mol. The van der Waals surface area contributed by atoms with Gasteiger partial charge in [0, 0.05) is 18.7 Å². The number of urea groups is 1. The van der Waals surface area contributed by atoms with Crippen molar-refractivity contribution in [3.8, 4) is 0 Å². The lowest BCUT2D eigenvalue weighted by atomic mass is 10.3. The fourth-order valence-corrected chi connectivity index (χ4v) is 1.14. The van der Waals surface area contributed by atoms with Gasteiger partial charge in [0.05, 0.1) is 0 Å². The molecule has 0 aliphatic heterocycles. The summed E-state index contributed by atoms with van der Waals surface area (Å²) < 4.78 is 0. The SMILES string of the molecule is CCCCNC(=O)NN=C(N)c1cccc[nH+]1. The van der Waals surface area contributed by atoms with Crippen LogP contribution in [0.2, 0.25) is 0 Å². The Morgan fingerprint density at radius 3 is 3.00 bits per heavy atom. The van der Waals surface area contributed by atoms with Crippen molar-refractivity contribution in [2.75, 3.05) is 6.54 Å². The zero-order valence-electron chi connectivity index (χ0n) is 9.86. The third-order valence-electron chi connectivity index (χ3n) is 2.08. The molecular formula is C11H18N5O+. The van der Waals surface area contributed by atoms with E-state index in [0.717, 1.165) is 12.8 Å². The Labute approximate surface area is 100 Å². The van der Waals surface area contributed by atoms with Crippen molar-refractivity contribution in [3.05, 3.63) is 30.1 Å². The van der Waals surface area contributed by atoms with Crippen LogP contribution in [0.5, 0.6) is 0 Å². The van der Waals surface area contributed by atoms with Crippen LogP contribution in [0.15, 0.2) is 29.5 Å². The van der Waals surface area contributed by atoms with Gasteiger partial charge in [0.15, 0.2) is 6.20 Å². The summed E-state index contributed by atoms with van der Waals surface area (Å²) in [7, 11) is 0. The van der Waals surface area contributed by atoms with Crippen molar-refractivity contribution < 1.29 is 9.78 Å². The van der Waals surface area contributed by atoms with E-state index in [1.54, 1.807) is 12.3 Å². The molecule has 0 fully saturated rings. The first-order valence-corrected chi connectivity index (χ1v) is 5.58. The van der Waals surface area contributed by atoms with E-state index in [1.165, 1.54) is 0 Å². The number of aromatic amines is 1. The number of unbranched alkanes of at least 4 members (excludes halogenated alkanes) is 1. The number of nitrogens with two attached hydrogens (primary N) is 1. The molecule has 1 aromatic rings. The van der Waals surface area contributed by atoms with E-state index < -0.39 is 0 Å². The lowest BCUT2D eigenvalue weighted by Gasteiger charge is -2.02. The van der Waals surface area contributed by atoms with Crippen molar-refractivity contribution in [2.45, 2.75) is 19.8 Å². The first-order chi connectivity index (χ1) is 8.24. The number of carbonyl (C=O) groups excluding carboxylic acids is 1. The van der Waals surface area contributed by atoms with E-state index in [-0.39, 0.29) is 11.9 Å². The molecule has 0 radical (unpaired) electrons. The maximum absolute atomic E-state index is 11.3. The summed E-state index contributed by atoms with van der Waals surface area (Å²) in [5.74, 6) is 0.233. The predicted octanol–water partition coefficient (Wildman–Crippen LogP) is 0.220. The number of pyridine rings is 1. The number of carbonyl (C=O) groups is 1. The Morgan fingerprint density at radius 1 is 1.53 bits per heavy atom. The molecule has 5 N–H and O–H groups in total. The average molecular weight is 236 g/mol. The maximum atomic E-state index is 11.3. The Hall–Kier alpha value is -2.11. The summed E-state index contributed by atoms with van der Waals surface area (Å²) >= 11 is 0. The Balaban J connectivity index is 2.40. The number of amidine groups is 1. The molecule has 0 atom stereocenters. The van der Waals surface area contributed by atoms with Crippen LogP contribution in [0.1, 0.15) is 25.5 Å². The summed E-state index contributed by atoms with van der Waals surface area (Å²) in [6.45, 7) is 2.69. The van der Waals surface area contributed by atoms with Gasteiger partial charge in [-0.2, -0.15) is 0 Å². The number of rotatable bonds is 5. The fourth-order valence-electron chi connectivity index (χ4n) is 1.14. The highest BCUT2D eigenvalue weighted by Crippen LogP contribution is 1.87. The summed E-state index contributed by atoms with van der Waals surface area (Å²) in [5.41, 5.74) is 8.66. The van der Waals surface area contributed by atoms with Gasteiger partial charge in [0.1, 0.15) is 0 Å². The minimum absolute atomic E-state index is 0.233. The lowest BCUT2D eigenvalue weighted by molar-refractivity contribution is -0.380. The van der Waals surface area contributed by atoms with E-state index in [2.05, 4.69) is 27.8 Å². The number of hydrogen-bond acceptors (Lipinski definition) is 2. The number of H-pyrrole nitrogens is 1. The molecule has 0 aromatic carbocycles. The van der Waals surface area contributed by atoms with Crippen LogP contribution in [0, 0.1) is 0 Å². The first-order valence-electron chi connectivity index (χ1n) is 5.58. The number of nitrogens with zero attached hydrogens (tertiary/aromatic N) is 1. The second-order valence-corrected chi connectivity index (χ2v) is 3.49. The van der Waals surface area contributed by atoms with Crippen molar-refractivity contribution >= 4 is 11.9 Å². The Kier molecular flexibility index (Phi) is 5.50. The molecule has 6 nitrogen and oxygen atoms in total. The number of nitrogens with one attached hydrogen (secondary N) is 3. The smallest absolute Gasteiger partial charge is 0.335 e. The molecule has 17 heavy (non-hydrogen) atoms. The molecule has 0 spiro atoms. The number of amides is 2. The number of aromatic nitrogens is 1. The van der Waals surface area contributed by atoms with Crippen LogP contribution in [-0.4, -0.2) is 18.4 Å². The van der Waals surface area contributed by atoms with Crippen LogP contribution in [0.4, 0.5) is 4.79 Å². The highest BCUT2D eigenvalue weighted by atomic mass is 16.2. The second-order valence-electron chi connectivity index (χ2n) is 3.49. The van der Waals surface area contributed by atoms with Crippen LogP contribution >= 0.6 is 0 Å². The zero-order chi connectivity index (χ0) is 12.5. The molecule has 0 saturated heterocycles. The van der Waals surface area contributed by atoms with Crippen LogP contribution in [-0.2, 0) is 0 Å². The molecule has 0 unspecified atom stereocenters. The van der Waals surface area contributed by atoms with E-state index in [0.29, 0.717) is 12.2 Å². The van der Waals surface area contributed by atoms with E-state index in [4.69, 9.17) is 5.73 Å². The van der Waals surface area contributed by atoms with Gasteiger partial charge in [-0.25, -0.2) is 15.2 Å². The highest BCUT2D eigenvalue weighted by Gasteiger charge is 2.05. The summed E-state index contributed by atoms with van der Waals surface area (Å²) in [5, 5.41) is 6.44. The molecule has 0 bridgehead atoms. The van der Waals surface area contributed by atoms with E-state index in [9.17, 15) is 4.79 Å². The summed E-state index contributed by atoms with van der Waals surface area (Å²) in [6.07, 6.45) is 3.71. The van der Waals surface area contributed by atoms with Gasteiger partial charge in [-0.05, 0) is 12.5 Å². The molecule has 2 amide bonds. The van der Waals surface area contributed by atoms with Crippen LogP contribution < -0.4 is 21.5 Å². The first kappa shape index (κ1) is 13.0. The van der Waals surface area contributed by atoms with Crippen LogP contribution in [0.25, 0.3) is 0 Å². The van der Waals surface area contributed by atoms with Gasteiger partial charge in [0.2, 0.25) is 11.5 Å². The largest absolute Gasteiger partial charge is 0.377 e. The molecule has 92 valence electrons. The van der Waals surface area contributed by atoms with Gasteiger partial charge in [0.25, 0.3) is 0 Å². The normalized spacial score (nSPS) is 11.0. The average Bonchev–Trinajstić information content (AvgIpc) is 2.37. The van der Waals surface area contributed by atoms with Crippen LogP contribution in [0.3, 0.4) is 0 Å². The predicted molar refractivity (Wildman–Crippen MR) is 65.2 cm³/mol.